The second-order valence-corrected chi connectivity index (χ2v) is 6.39. The molecule has 0 amide bonds. The molecule has 2 unspecified atom stereocenters. The summed E-state index contributed by atoms with van der Waals surface area (Å²) in [6, 6.07) is 0.129. The SMILES string of the molecule is COC1(C)CCCN(C(C2=CC=CCC2)C2=COC=CO2)C1. The number of piperidine rings is 1. The van der Waals surface area contributed by atoms with Crippen LogP contribution in [0.15, 0.2) is 48.3 Å². The van der Waals surface area contributed by atoms with Gasteiger partial charge in [-0.1, -0.05) is 18.2 Å². The van der Waals surface area contributed by atoms with Crippen LogP contribution in [0, 0.1) is 0 Å². The topological polar surface area (TPSA) is 30.9 Å². The molecule has 0 bridgehead atoms. The second kappa shape index (κ2) is 6.71. The van der Waals surface area contributed by atoms with Crippen LogP contribution in [-0.2, 0) is 14.2 Å². The van der Waals surface area contributed by atoms with Crippen LogP contribution in [0.3, 0.4) is 0 Å². The average Bonchev–Trinajstić information content (AvgIpc) is 2.57. The quantitative estimate of drug-likeness (QED) is 0.795. The lowest BCUT2D eigenvalue weighted by Gasteiger charge is -2.44. The molecule has 2 heterocycles. The zero-order valence-corrected chi connectivity index (χ0v) is 13.5. The van der Waals surface area contributed by atoms with Gasteiger partial charge in [0.1, 0.15) is 18.8 Å². The first kappa shape index (κ1) is 15.4. The van der Waals surface area contributed by atoms with Crippen LogP contribution in [-0.4, -0.2) is 36.7 Å². The van der Waals surface area contributed by atoms with Gasteiger partial charge in [0.25, 0.3) is 0 Å². The number of nitrogens with zero attached hydrogens (tertiary/aromatic N) is 1. The molecule has 1 saturated heterocycles. The molecule has 2 atom stereocenters. The Bertz CT molecular complexity index is 520. The Balaban J connectivity index is 1.86. The predicted molar refractivity (Wildman–Crippen MR) is 85.9 cm³/mol. The molecule has 0 aromatic rings. The highest BCUT2D eigenvalue weighted by Gasteiger charge is 2.37. The summed E-state index contributed by atoms with van der Waals surface area (Å²) in [4.78, 5) is 2.46. The molecule has 0 aromatic heterocycles. The summed E-state index contributed by atoms with van der Waals surface area (Å²) in [5.41, 5.74) is 1.29. The minimum atomic E-state index is -0.0898. The zero-order valence-electron chi connectivity index (χ0n) is 13.5. The Morgan fingerprint density at radius 3 is 2.95 bits per heavy atom. The van der Waals surface area contributed by atoms with E-state index in [9.17, 15) is 0 Å². The summed E-state index contributed by atoms with van der Waals surface area (Å²) in [6.07, 6.45) is 15.8. The van der Waals surface area contributed by atoms with Gasteiger partial charge in [-0.05, 0) is 44.7 Å². The van der Waals surface area contributed by atoms with E-state index in [0.717, 1.165) is 44.5 Å². The van der Waals surface area contributed by atoms with E-state index >= 15 is 0 Å². The lowest BCUT2D eigenvalue weighted by molar-refractivity contribution is -0.0584. The van der Waals surface area contributed by atoms with Crippen LogP contribution in [0.25, 0.3) is 0 Å². The van der Waals surface area contributed by atoms with E-state index in [4.69, 9.17) is 14.2 Å². The van der Waals surface area contributed by atoms with Crippen molar-refractivity contribution in [2.45, 2.75) is 44.2 Å². The maximum absolute atomic E-state index is 5.76. The Morgan fingerprint density at radius 1 is 1.36 bits per heavy atom. The summed E-state index contributed by atoms with van der Waals surface area (Å²) in [5, 5.41) is 0. The molecule has 0 saturated carbocycles. The molecule has 22 heavy (non-hydrogen) atoms. The first-order valence-electron chi connectivity index (χ1n) is 8.04. The van der Waals surface area contributed by atoms with E-state index in [2.05, 4.69) is 30.1 Å². The molecule has 0 spiro atoms. The Hall–Kier alpha value is -1.52. The van der Waals surface area contributed by atoms with Crippen LogP contribution in [0.1, 0.15) is 32.6 Å². The molecule has 3 rings (SSSR count). The highest BCUT2D eigenvalue weighted by molar-refractivity contribution is 5.30. The van der Waals surface area contributed by atoms with Crippen molar-refractivity contribution in [3.8, 4) is 0 Å². The summed E-state index contributed by atoms with van der Waals surface area (Å²) in [6.45, 7) is 4.15. The van der Waals surface area contributed by atoms with Crippen molar-refractivity contribution in [2.75, 3.05) is 20.2 Å². The minimum Gasteiger partial charge on any atom is -0.466 e. The van der Waals surface area contributed by atoms with Crippen LogP contribution >= 0.6 is 0 Å². The zero-order chi connectivity index (χ0) is 15.4. The van der Waals surface area contributed by atoms with Crippen molar-refractivity contribution in [3.05, 3.63) is 48.3 Å². The van der Waals surface area contributed by atoms with E-state index in [0.29, 0.717) is 0 Å². The molecule has 4 nitrogen and oxygen atoms in total. The van der Waals surface area contributed by atoms with Gasteiger partial charge in [-0.3, -0.25) is 4.90 Å². The maximum atomic E-state index is 5.76. The molecule has 4 heteroatoms. The molecular weight excluding hydrogens is 278 g/mol. The molecule has 0 aromatic carbocycles. The lowest BCUT2D eigenvalue weighted by Crippen LogP contribution is -2.52. The predicted octanol–water partition coefficient (Wildman–Crippen LogP) is 3.49. The number of allylic oxidation sites excluding steroid dienone is 3. The lowest BCUT2D eigenvalue weighted by atomic mass is 9.89. The number of ether oxygens (including phenoxy) is 3. The van der Waals surface area contributed by atoms with Gasteiger partial charge in [0.2, 0.25) is 0 Å². The summed E-state index contributed by atoms with van der Waals surface area (Å²) >= 11 is 0. The molecule has 0 N–H and O–H groups in total. The molecule has 120 valence electrons. The number of likely N-dealkylation sites (tertiary alicyclic amines) is 1. The third kappa shape index (κ3) is 3.28. The number of hydrogen-bond acceptors (Lipinski definition) is 4. The average molecular weight is 303 g/mol. The van der Waals surface area contributed by atoms with E-state index in [-0.39, 0.29) is 11.6 Å². The van der Waals surface area contributed by atoms with Crippen molar-refractivity contribution in [1.29, 1.82) is 0 Å². The molecule has 1 aliphatic carbocycles. The molecular formula is C18H25NO3. The third-order valence-electron chi connectivity index (χ3n) is 4.74. The van der Waals surface area contributed by atoms with Crippen LogP contribution in [0.5, 0.6) is 0 Å². The first-order valence-corrected chi connectivity index (χ1v) is 8.04. The van der Waals surface area contributed by atoms with E-state index in [1.165, 1.54) is 5.57 Å². The fourth-order valence-corrected chi connectivity index (χ4v) is 3.48. The first-order chi connectivity index (χ1) is 10.7. The van der Waals surface area contributed by atoms with Gasteiger partial charge in [-0.15, -0.1) is 0 Å². The summed E-state index contributed by atoms with van der Waals surface area (Å²) in [7, 11) is 1.81. The van der Waals surface area contributed by atoms with Crippen molar-refractivity contribution in [3.63, 3.8) is 0 Å². The Morgan fingerprint density at radius 2 is 2.27 bits per heavy atom. The van der Waals surface area contributed by atoms with Crippen molar-refractivity contribution >= 4 is 0 Å². The van der Waals surface area contributed by atoms with Gasteiger partial charge in [0.05, 0.1) is 11.6 Å². The molecule has 2 aliphatic heterocycles. The van der Waals surface area contributed by atoms with Gasteiger partial charge in [0, 0.05) is 13.7 Å². The molecule has 3 aliphatic rings. The number of hydrogen-bond donors (Lipinski definition) is 0. The normalized spacial score (nSPS) is 30.1. The van der Waals surface area contributed by atoms with Crippen molar-refractivity contribution in [2.24, 2.45) is 0 Å². The fourth-order valence-electron chi connectivity index (χ4n) is 3.48. The van der Waals surface area contributed by atoms with Crippen LogP contribution < -0.4 is 0 Å². The largest absolute Gasteiger partial charge is 0.466 e. The number of rotatable bonds is 4. The maximum Gasteiger partial charge on any atom is 0.160 e. The Kier molecular flexibility index (Phi) is 4.69. The van der Waals surface area contributed by atoms with Crippen LogP contribution in [0.4, 0.5) is 0 Å². The smallest absolute Gasteiger partial charge is 0.160 e. The summed E-state index contributed by atoms with van der Waals surface area (Å²) in [5.74, 6) is 0.865. The van der Waals surface area contributed by atoms with E-state index in [1.54, 1.807) is 18.8 Å². The van der Waals surface area contributed by atoms with Gasteiger partial charge in [-0.2, -0.15) is 0 Å². The summed E-state index contributed by atoms with van der Waals surface area (Å²) < 4.78 is 16.9. The third-order valence-corrected chi connectivity index (χ3v) is 4.74. The highest BCUT2D eigenvalue weighted by Crippen LogP contribution is 2.33. The number of methoxy groups -OCH3 is 1. The van der Waals surface area contributed by atoms with Gasteiger partial charge >= 0.3 is 0 Å². The second-order valence-electron chi connectivity index (χ2n) is 6.39. The monoisotopic (exact) mass is 303 g/mol. The van der Waals surface area contributed by atoms with E-state index < -0.39 is 0 Å². The minimum absolute atomic E-state index is 0.0898. The van der Waals surface area contributed by atoms with Gasteiger partial charge in [0.15, 0.2) is 5.76 Å². The van der Waals surface area contributed by atoms with E-state index in [1.807, 2.05) is 7.11 Å². The molecule has 0 radical (unpaired) electrons. The van der Waals surface area contributed by atoms with Crippen molar-refractivity contribution < 1.29 is 14.2 Å². The van der Waals surface area contributed by atoms with Crippen molar-refractivity contribution in [1.82, 2.24) is 4.90 Å². The fraction of sp³-hybridized carbons (Fsp3) is 0.556. The van der Waals surface area contributed by atoms with Gasteiger partial charge < -0.3 is 14.2 Å². The highest BCUT2D eigenvalue weighted by atomic mass is 16.5. The molecule has 1 fully saturated rings. The van der Waals surface area contributed by atoms with Gasteiger partial charge in [-0.25, -0.2) is 0 Å². The Labute approximate surface area is 132 Å². The standard InChI is InChI=1S/C18H25NO3/c1-18(20-2)9-6-10-19(14-18)17(15-7-4-3-5-8-15)16-13-21-11-12-22-16/h3-4,7,11-13,17H,5-6,8-10,14H2,1-2H3. The van der Waals surface area contributed by atoms with Crippen LogP contribution in [0.2, 0.25) is 0 Å².